The first-order valence-electron chi connectivity index (χ1n) is 3.14. The van der Waals surface area contributed by atoms with E-state index in [0.717, 1.165) is 18.2 Å². The summed E-state index contributed by atoms with van der Waals surface area (Å²) < 4.78 is 4.37. The fourth-order valence-corrected chi connectivity index (χ4v) is 0.758. The van der Waals surface area contributed by atoms with E-state index in [-0.39, 0.29) is 17.2 Å². The molecular formula is C6H7BO5. The minimum absolute atomic E-state index is 0.0255. The van der Waals surface area contributed by atoms with Crippen molar-refractivity contribution in [3.8, 4) is 17.2 Å². The van der Waals surface area contributed by atoms with Crippen LogP contribution in [0, 0.1) is 0 Å². The Morgan fingerprint density at radius 3 is 1.92 bits per heavy atom. The molecule has 0 fully saturated rings. The maximum atomic E-state index is 8.90. The summed E-state index contributed by atoms with van der Waals surface area (Å²) >= 11 is 0. The molecule has 0 atom stereocenters. The lowest BCUT2D eigenvalue weighted by Gasteiger charge is -2.04. The molecule has 12 heavy (non-hydrogen) atoms. The molecule has 0 aliphatic carbocycles. The van der Waals surface area contributed by atoms with Crippen LogP contribution in [0.2, 0.25) is 0 Å². The fraction of sp³-hybridized carbons (Fsp3) is 0. The lowest BCUT2D eigenvalue weighted by atomic mass is 10.2. The van der Waals surface area contributed by atoms with Crippen molar-refractivity contribution < 1.29 is 24.9 Å². The number of hydrogen-bond donors (Lipinski definition) is 4. The molecule has 1 rings (SSSR count). The maximum absolute atomic E-state index is 8.90. The van der Waals surface area contributed by atoms with E-state index in [1.165, 1.54) is 0 Å². The van der Waals surface area contributed by atoms with E-state index in [1.54, 1.807) is 0 Å². The van der Waals surface area contributed by atoms with E-state index in [1.807, 2.05) is 0 Å². The van der Waals surface area contributed by atoms with Crippen molar-refractivity contribution in [3.63, 3.8) is 0 Å². The van der Waals surface area contributed by atoms with Gasteiger partial charge in [-0.1, -0.05) is 0 Å². The molecule has 64 valence electrons. The number of hydrogen-bond acceptors (Lipinski definition) is 5. The lowest BCUT2D eigenvalue weighted by molar-refractivity contribution is 0.287. The Morgan fingerprint density at radius 1 is 1.00 bits per heavy atom. The average Bonchev–Trinajstić information content (AvgIpc) is 1.81. The van der Waals surface area contributed by atoms with Crippen molar-refractivity contribution in [1.82, 2.24) is 0 Å². The van der Waals surface area contributed by atoms with Crippen molar-refractivity contribution in [2.75, 3.05) is 0 Å². The molecule has 0 saturated carbocycles. The van der Waals surface area contributed by atoms with Crippen molar-refractivity contribution in [3.05, 3.63) is 18.2 Å². The highest BCUT2D eigenvalue weighted by atomic mass is 16.6. The Balaban J connectivity index is 2.85. The smallest absolute Gasteiger partial charge is 0.512 e. The summed E-state index contributed by atoms with van der Waals surface area (Å²) in [6.07, 6.45) is 0. The molecule has 0 saturated heterocycles. The van der Waals surface area contributed by atoms with Crippen molar-refractivity contribution >= 4 is 7.32 Å². The quantitative estimate of drug-likeness (QED) is 0.447. The topological polar surface area (TPSA) is 90.2 Å². The van der Waals surface area contributed by atoms with E-state index >= 15 is 0 Å². The highest BCUT2D eigenvalue weighted by molar-refractivity contribution is 6.33. The zero-order valence-corrected chi connectivity index (χ0v) is 6.01. The van der Waals surface area contributed by atoms with Crippen LogP contribution in [-0.2, 0) is 0 Å². The first-order valence-corrected chi connectivity index (χ1v) is 3.14. The van der Waals surface area contributed by atoms with Gasteiger partial charge in [-0.25, -0.2) is 0 Å². The Bertz CT molecular complexity index is 254. The van der Waals surface area contributed by atoms with Gasteiger partial charge in [-0.2, -0.15) is 0 Å². The Morgan fingerprint density at radius 2 is 1.50 bits per heavy atom. The first kappa shape index (κ1) is 8.70. The van der Waals surface area contributed by atoms with Crippen LogP contribution in [0.1, 0.15) is 0 Å². The van der Waals surface area contributed by atoms with Gasteiger partial charge in [0.15, 0.2) is 0 Å². The minimum atomic E-state index is -1.97. The Kier molecular flexibility index (Phi) is 2.42. The second-order valence-electron chi connectivity index (χ2n) is 2.13. The van der Waals surface area contributed by atoms with Gasteiger partial charge in [-0.05, 0) is 0 Å². The standard InChI is InChI=1S/C6H7BO5/c8-4-1-5(9)3-6(2-4)12-7(10)11/h1-3,8-11H. The summed E-state index contributed by atoms with van der Waals surface area (Å²) in [5, 5.41) is 34.5. The zero-order chi connectivity index (χ0) is 9.14. The fourth-order valence-electron chi connectivity index (χ4n) is 0.758. The summed E-state index contributed by atoms with van der Waals surface area (Å²) in [7, 11) is -1.97. The molecule has 0 unspecified atom stereocenters. The van der Waals surface area contributed by atoms with Gasteiger partial charge < -0.3 is 24.9 Å². The van der Waals surface area contributed by atoms with Crippen molar-refractivity contribution in [2.24, 2.45) is 0 Å². The summed E-state index contributed by atoms with van der Waals surface area (Å²) in [5.74, 6) is -0.459. The molecule has 0 radical (unpaired) electrons. The van der Waals surface area contributed by atoms with Gasteiger partial charge in [-0.3, -0.25) is 0 Å². The molecule has 0 aliphatic heterocycles. The summed E-state index contributed by atoms with van der Waals surface area (Å²) in [6, 6.07) is 3.37. The largest absolute Gasteiger partial charge is 0.707 e. The van der Waals surface area contributed by atoms with Gasteiger partial charge >= 0.3 is 7.32 Å². The molecule has 0 aromatic heterocycles. The highest BCUT2D eigenvalue weighted by Gasteiger charge is 2.11. The van der Waals surface area contributed by atoms with E-state index in [2.05, 4.69) is 4.65 Å². The number of phenolic OH excluding ortho intramolecular Hbond substituents is 2. The SMILES string of the molecule is OB(O)Oc1cc(O)cc(O)c1. The molecular weight excluding hydrogens is 163 g/mol. The van der Waals surface area contributed by atoms with Gasteiger partial charge in [0.1, 0.15) is 17.2 Å². The summed E-state index contributed by atoms with van der Waals surface area (Å²) in [5.41, 5.74) is 0. The molecule has 0 amide bonds. The molecule has 4 N–H and O–H groups in total. The Labute approximate surface area is 68.6 Å². The number of rotatable bonds is 2. The second-order valence-corrected chi connectivity index (χ2v) is 2.13. The first-order chi connectivity index (χ1) is 5.58. The normalized spacial score (nSPS) is 9.50. The molecule has 0 bridgehead atoms. The number of phenols is 2. The lowest BCUT2D eigenvalue weighted by Crippen LogP contribution is -2.20. The number of benzene rings is 1. The van der Waals surface area contributed by atoms with Crippen LogP contribution in [0.5, 0.6) is 17.2 Å². The van der Waals surface area contributed by atoms with E-state index < -0.39 is 7.32 Å². The molecule has 0 heterocycles. The molecule has 6 heteroatoms. The van der Waals surface area contributed by atoms with Crippen LogP contribution in [0.4, 0.5) is 0 Å². The van der Waals surface area contributed by atoms with Crippen molar-refractivity contribution in [2.45, 2.75) is 0 Å². The maximum Gasteiger partial charge on any atom is 0.707 e. The Hall–Kier alpha value is -1.40. The van der Waals surface area contributed by atoms with Crippen LogP contribution in [-0.4, -0.2) is 27.6 Å². The number of aromatic hydroxyl groups is 2. The van der Waals surface area contributed by atoms with E-state index in [9.17, 15) is 0 Å². The summed E-state index contributed by atoms with van der Waals surface area (Å²) in [4.78, 5) is 0. The third-order valence-corrected chi connectivity index (χ3v) is 1.12. The van der Waals surface area contributed by atoms with Crippen LogP contribution in [0.15, 0.2) is 18.2 Å². The summed E-state index contributed by atoms with van der Waals surface area (Å²) in [6.45, 7) is 0. The zero-order valence-electron chi connectivity index (χ0n) is 6.01. The van der Waals surface area contributed by atoms with Gasteiger partial charge in [0.25, 0.3) is 0 Å². The van der Waals surface area contributed by atoms with Gasteiger partial charge in [0.05, 0.1) is 0 Å². The molecule has 1 aromatic rings. The van der Waals surface area contributed by atoms with E-state index in [0.29, 0.717) is 0 Å². The second kappa shape index (κ2) is 3.33. The highest BCUT2D eigenvalue weighted by Crippen LogP contribution is 2.25. The molecule has 0 aliphatic rings. The van der Waals surface area contributed by atoms with Gasteiger partial charge in [0.2, 0.25) is 0 Å². The molecule has 5 nitrogen and oxygen atoms in total. The van der Waals surface area contributed by atoms with Crippen LogP contribution < -0.4 is 4.65 Å². The minimum Gasteiger partial charge on any atom is -0.512 e. The van der Waals surface area contributed by atoms with Gasteiger partial charge in [-0.15, -0.1) is 0 Å². The third kappa shape index (κ3) is 2.33. The van der Waals surface area contributed by atoms with Crippen LogP contribution >= 0.6 is 0 Å². The predicted molar refractivity (Wildman–Crippen MR) is 40.6 cm³/mol. The third-order valence-electron chi connectivity index (χ3n) is 1.12. The van der Waals surface area contributed by atoms with Crippen LogP contribution in [0.25, 0.3) is 0 Å². The predicted octanol–water partition coefficient (Wildman–Crippen LogP) is -0.554. The molecule has 0 spiro atoms. The van der Waals surface area contributed by atoms with Crippen LogP contribution in [0.3, 0.4) is 0 Å². The van der Waals surface area contributed by atoms with E-state index in [4.69, 9.17) is 20.3 Å². The molecule has 1 aromatic carbocycles. The van der Waals surface area contributed by atoms with Crippen molar-refractivity contribution in [1.29, 1.82) is 0 Å². The average molecular weight is 170 g/mol. The van der Waals surface area contributed by atoms with Gasteiger partial charge in [0, 0.05) is 18.2 Å². The monoisotopic (exact) mass is 170 g/mol.